The monoisotopic (exact) mass is 190 g/mol. The summed E-state index contributed by atoms with van der Waals surface area (Å²) in [4.78, 5) is 0. The summed E-state index contributed by atoms with van der Waals surface area (Å²) < 4.78 is 0. The third-order valence-electron chi connectivity index (χ3n) is 1.42. The van der Waals surface area contributed by atoms with E-state index in [2.05, 4.69) is 10.2 Å². The maximum atomic E-state index is 3.93. The Bertz CT molecular complexity index is 279. The Morgan fingerprint density at radius 1 is 0.857 bits per heavy atom. The van der Waals surface area contributed by atoms with Gasteiger partial charge < -0.3 is 0 Å². The first-order valence-electron chi connectivity index (χ1n) is 5.13. The summed E-state index contributed by atoms with van der Waals surface area (Å²) in [7, 11) is 0. The molecule has 2 aromatic rings. The molecule has 14 heavy (non-hydrogen) atoms. The second-order valence-corrected chi connectivity index (χ2v) is 2.09. The van der Waals surface area contributed by atoms with Crippen LogP contribution in [0.4, 0.5) is 0 Å². The number of hydrogen-bond donors (Lipinski definition) is 0. The molecule has 0 aliphatic heterocycles. The first-order chi connectivity index (χ1) is 6.97. The van der Waals surface area contributed by atoms with Crippen LogP contribution in [-0.2, 0) is 0 Å². The van der Waals surface area contributed by atoms with Crippen molar-refractivity contribution in [2.45, 2.75) is 27.7 Å². The van der Waals surface area contributed by atoms with Crippen LogP contribution in [-0.4, -0.2) is 10.2 Å². The molecule has 0 atom stereocenters. The van der Waals surface area contributed by atoms with E-state index in [9.17, 15) is 0 Å². The molecule has 0 radical (unpaired) electrons. The summed E-state index contributed by atoms with van der Waals surface area (Å²) in [6.07, 6.45) is 1.70. The Labute approximate surface area is 86.0 Å². The predicted molar refractivity (Wildman–Crippen MR) is 62.2 cm³/mol. The molecule has 0 saturated heterocycles. The van der Waals surface area contributed by atoms with E-state index in [1.807, 2.05) is 58.0 Å². The van der Waals surface area contributed by atoms with Gasteiger partial charge in [-0.15, -0.1) is 0 Å². The van der Waals surface area contributed by atoms with Crippen LogP contribution in [0.5, 0.6) is 0 Å². The van der Waals surface area contributed by atoms with Gasteiger partial charge in [-0.05, 0) is 12.1 Å². The SMILES string of the molecule is CC.CC.c1ccc2nnccc2c1. The lowest BCUT2D eigenvalue weighted by molar-refractivity contribution is 1.08. The minimum atomic E-state index is 0.949. The second kappa shape index (κ2) is 8.17. The van der Waals surface area contributed by atoms with Crippen LogP contribution < -0.4 is 0 Å². The minimum Gasteiger partial charge on any atom is -0.159 e. The highest BCUT2D eigenvalue weighted by atomic mass is 15.1. The topological polar surface area (TPSA) is 25.8 Å². The van der Waals surface area contributed by atoms with Crippen molar-refractivity contribution < 1.29 is 0 Å². The van der Waals surface area contributed by atoms with Gasteiger partial charge in [-0.1, -0.05) is 45.9 Å². The summed E-state index contributed by atoms with van der Waals surface area (Å²) in [5.41, 5.74) is 0.949. The number of fused-ring (bicyclic) bond motifs is 1. The molecular weight excluding hydrogens is 172 g/mol. The molecule has 0 aliphatic rings. The summed E-state index contributed by atoms with van der Waals surface area (Å²) >= 11 is 0. The van der Waals surface area contributed by atoms with Gasteiger partial charge in [0.1, 0.15) is 0 Å². The highest BCUT2D eigenvalue weighted by Gasteiger charge is 1.87. The molecule has 0 spiro atoms. The molecule has 0 amide bonds. The van der Waals surface area contributed by atoms with Crippen LogP contribution in [0.2, 0.25) is 0 Å². The summed E-state index contributed by atoms with van der Waals surface area (Å²) in [5, 5.41) is 8.83. The number of aromatic nitrogens is 2. The number of rotatable bonds is 0. The lowest BCUT2D eigenvalue weighted by atomic mass is 10.2. The van der Waals surface area contributed by atoms with Crippen molar-refractivity contribution >= 4 is 10.9 Å². The maximum absolute atomic E-state index is 3.93. The van der Waals surface area contributed by atoms with Gasteiger partial charge in [0.15, 0.2) is 0 Å². The van der Waals surface area contributed by atoms with Crippen molar-refractivity contribution in [3.63, 3.8) is 0 Å². The van der Waals surface area contributed by atoms with E-state index in [0.717, 1.165) is 10.9 Å². The molecule has 0 fully saturated rings. The van der Waals surface area contributed by atoms with E-state index in [1.54, 1.807) is 6.20 Å². The summed E-state index contributed by atoms with van der Waals surface area (Å²) in [6.45, 7) is 8.00. The molecule has 1 aromatic carbocycles. The van der Waals surface area contributed by atoms with Gasteiger partial charge in [-0.25, -0.2) is 0 Å². The fourth-order valence-corrected chi connectivity index (χ4v) is 0.929. The second-order valence-electron chi connectivity index (χ2n) is 2.09. The van der Waals surface area contributed by atoms with Gasteiger partial charge in [0, 0.05) is 5.39 Å². The van der Waals surface area contributed by atoms with Crippen LogP contribution in [0.1, 0.15) is 27.7 Å². The van der Waals surface area contributed by atoms with Crippen molar-refractivity contribution in [2.24, 2.45) is 0 Å². The van der Waals surface area contributed by atoms with E-state index in [-0.39, 0.29) is 0 Å². The van der Waals surface area contributed by atoms with Gasteiger partial charge in [0.25, 0.3) is 0 Å². The van der Waals surface area contributed by atoms with E-state index in [1.165, 1.54) is 0 Å². The van der Waals surface area contributed by atoms with Gasteiger partial charge >= 0.3 is 0 Å². The molecule has 2 nitrogen and oxygen atoms in total. The Balaban J connectivity index is 0.000000379. The standard InChI is InChI=1S/C8H6N2.2C2H6/c1-2-4-8-7(3-1)5-6-9-10-8;2*1-2/h1-6H;2*1-2H3. The highest BCUT2D eigenvalue weighted by molar-refractivity contribution is 5.77. The lowest BCUT2D eigenvalue weighted by Gasteiger charge is -1.90. The zero-order valence-corrected chi connectivity index (χ0v) is 9.36. The fraction of sp³-hybridized carbons (Fsp3) is 0.333. The highest BCUT2D eigenvalue weighted by Crippen LogP contribution is 2.06. The Morgan fingerprint density at radius 2 is 1.50 bits per heavy atom. The van der Waals surface area contributed by atoms with Crippen molar-refractivity contribution in [2.75, 3.05) is 0 Å². The van der Waals surface area contributed by atoms with Crippen molar-refractivity contribution in [1.29, 1.82) is 0 Å². The minimum absolute atomic E-state index is 0.949. The molecule has 0 saturated carbocycles. The van der Waals surface area contributed by atoms with Crippen LogP contribution in [0.15, 0.2) is 36.5 Å². The maximum Gasteiger partial charge on any atom is 0.0929 e. The number of benzene rings is 1. The molecule has 0 bridgehead atoms. The molecule has 2 heteroatoms. The van der Waals surface area contributed by atoms with Gasteiger partial charge in [-0.2, -0.15) is 10.2 Å². The fourth-order valence-electron chi connectivity index (χ4n) is 0.929. The average molecular weight is 190 g/mol. The molecule has 0 N–H and O–H groups in total. The smallest absolute Gasteiger partial charge is 0.0929 e. The van der Waals surface area contributed by atoms with Crippen LogP contribution in [0.3, 0.4) is 0 Å². The van der Waals surface area contributed by atoms with Gasteiger partial charge in [0.2, 0.25) is 0 Å². The molecule has 76 valence electrons. The average Bonchev–Trinajstić information content (AvgIpc) is 2.34. The van der Waals surface area contributed by atoms with Crippen LogP contribution >= 0.6 is 0 Å². The van der Waals surface area contributed by atoms with E-state index < -0.39 is 0 Å². The molecule has 2 rings (SSSR count). The molecule has 1 aromatic heterocycles. The lowest BCUT2D eigenvalue weighted by Crippen LogP contribution is -1.79. The van der Waals surface area contributed by atoms with Crippen molar-refractivity contribution in [1.82, 2.24) is 10.2 Å². The zero-order chi connectivity index (χ0) is 10.8. The molecular formula is C12H18N2. The number of hydrogen-bond acceptors (Lipinski definition) is 2. The summed E-state index contributed by atoms with van der Waals surface area (Å²) in [5.74, 6) is 0. The van der Waals surface area contributed by atoms with Crippen molar-refractivity contribution in [3.05, 3.63) is 36.5 Å². The Hall–Kier alpha value is -1.44. The third-order valence-corrected chi connectivity index (χ3v) is 1.42. The van der Waals surface area contributed by atoms with Gasteiger partial charge in [-0.3, -0.25) is 0 Å². The van der Waals surface area contributed by atoms with Crippen LogP contribution in [0, 0.1) is 0 Å². The van der Waals surface area contributed by atoms with E-state index in [4.69, 9.17) is 0 Å². The molecule has 0 aliphatic carbocycles. The van der Waals surface area contributed by atoms with Gasteiger partial charge in [0.05, 0.1) is 11.7 Å². The first kappa shape index (κ1) is 12.6. The number of nitrogens with zero attached hydrogens (tertiary/aromatic N) is 2. The first-order valence-corrected chi connectivity index (χ1v) is 5.13. The van der Waals surface area contributed by atoms with E-state index in [0.29, 0.717) is 0 Å². The van der Waals surface area contributed by atoms with Crippen LogP contribution in [0.25, 0.3) is 10.9 Å². The molecule has 0 unspecified atom stereocenters. The van der Waals surface area contributed by atoms with E-state index >= 15 is 0 Å². The Kier molecular flexibility index (Phi) is 7.33. The third kappa shape index (κ3) is 3.52. The Morgan fingerprint density at radius 3 is 2.14 bits per heavy atom. The predicted octanol–water partition coefficient (Wildman–Crippen LogP) is 3.68. The van der Waals surface area contributed by atoms with Crippen molar-refractivity contribution in [3.8, 4) is 0 Å². The quantitative estimate of drug-likeness (QED) is 0.633. The largest absolute Gasteiger partial charge is 0.159 e. The summed E-state index contributed by atoms with van der Waals surface area (Å²) in [6, 6.07) is 9.86. The molecule has 1 heterocycles. The zero-order valence-electron chi connectivity index (χ0n) is 9.36. The normalized spacial score (nSPS) is 8.00.